The molecule has 8 aromatic carbocycles. The number of aromatic nitrogens is 1. The predicted molar refractivity (Wildman–Crippen MR) is 226 cm³/mol. The Bertz CT molecular complexity index is 2450. The van der Waals surface area contributed by atoms with Gasteiger partial charge in [-0.15, -0.1) is 0 Å². The minimum atomic E-state index is 1.12. The molecule has 0 saturated carbocycles. The van der Waals surface area contributed by atoms with E-state index in [0.29, 0.717) is 0 Å². The summed E-state index contributed by atoms with van der Waals surface area (Å²) in [7, 11) is 0. The molecule has 0 fully saturated rings. The average Bonchev–Trinajstić information content (AvgIpc) is 3.58. The fourth-order valence-corrected chi connectivity index (χ4v) is 7.30. The zero-order valence-corrected chi connectivity index (χ0v) is 29.9. The first-order chi connectivity index (χ1) is 26.1. The van der Waals surface area contributed by atoms with Crippen LogP contribution in [0.25, 0.3) is 44.1 Å². The number of aryl methyl sites for hydroxylation is 2. The van der Waals surface area contributed by atoms with Crippen LogP contribution in [0.2, 0.25) is 0 Å². The van der Waals surface area contributed by atoms with Crippen molar-refractivity contribution in [3.8, 4) is 22.3 Å². The summed E-state index contributed by atoms with van der Waals surface area (Å²) in [5.74, 6) is 0. The lowest BCUT2D eigenvalue weighted by Gasteiger charge is -2.25. The molecule has 0 atom stereocenters. The molecule has 0 radical (unpaired) electrons. The van der Waals surface area contributed by atoms with E-state index in [9.17, 15) is 0 Å². The van der Waals surface area contributed by atoms with Gasteiger partial charge in [-0.05, 0) is 133 Å². The van der Waals surface area contributed by atoms with Crippen LogP contribution in [0.1, 0.15) is 11.1 Å². The molecule has 254 valence electrons. The van der Waals surface area contributed by atoms with Crippen LogP contribution < -0.4 is 9.80 Å². The second-order valence-electron chi connectivity index (χ2n) is 13.8. The summed E-state index contributed by atoms with van der Waals surface area (Å²) < 4.78 is 0. The molecule has 3 heteroatoms. The van der Waals surface area contributed by atoms with Gasteiger partial charge < -0.3 is 14.8 Å². The topological polar surface area (TPSA) is 22.3 Å². The van der Waals surface area contributed by atoms with Gasteiger partial charge in [-0.25, -0.2) is 0 Å². The first-order valence-corrected chi connectivity index (χ1v) is 18.2. The van der Waals surface area contributed by atoms with Crippen molar-refractivity contribution >= 4 is 55.9 Å². The van der Waals surface area contributed by atoms with Crippen LogP contribution >= 0.6 is 0 Å². The molecular weight excluding hydrogens is 643 g/mol. The van der Waals surface area contributed by atoms with Gasteiger partial charge in [0.15, 0.2) is 0 Å². The summed E-state index contributed by atoms with van der Waals surface area (Å²) in [6.45, 7) is 4.25. The fourth-order valence-electron chi connectivity index (χ4n) is 7.30. The third-order valence-corrected chi connectivity index (χ3v) is 10.1. The van der Waals surface area contributed by atoms with Gasteiger partial charge in [0.05, 0.1) is 0 Å². The lowest BCUT2D eigenvalue weighted by Crippen LogP contribution is -2.09. The van der Waals surface area contributed by atoms with E-state index >= 15 is 0 Å². The van der Waals surface area contributed by atoms with E-state index in [1.807, 2.05) is 0 Å². The maximum absolute atomic E-state index is 3.65. The SMILES string of the molecule is Cc1ccc(N(c2ccccc2)c2ccc(-c3ccc4[nH]c5ccc(-c6ccc(N(c7ccccc7)c7ccc(C)cc7)cc6)cc5c4c3)cc2)cc1. The maximum Gasteiger partial charge on any atom is 0.0465 e. The molecule has 3 nitrogen and oxygen atoms in total. The van der Waals surface area contributed by atoms with Gasteiger partial charge in [-0.1, -0.05) is 108 Å². The Balaban J connectivity index is 1.03. The van der Waals surface area contributed by atoms with Crippen molar-refractivity contribution in [2.45, 2.75) is 13.8 Å². The van der Waals surface area contributed by atoms with E-state index < -0.39 is 0 Å². The zero-order valence-electron chi connectivity index (χ0n) is 29.9. The minimum Gasteiger partial charge on any atom is -0.355 e. The molecule has 9 aromatic rings. The highest BCUT2D eigenvalue weighted by molar-refractivity contribution is 6.09. The van der Waals surface area contributed by atoms with E-state index in [4.69, 9.17) is 0 Å². The van der Waals surface area contributed by atoms with E-state index in [0.717, 1.165) is 45.2 Å². The highest BCUT2D eigenvalue weighted by atomic mass is 15.1. The quantitative estimate of drug-likeness (QED) is 0.172. The van der Waals surface area contributed by atoms with Crippen LogP contribution in [-0.4, -0.2) is 4.98 Å². The van der Waals surface area contributed by atoms with Gasteiger partial charge in [-0.2, -0.15) is 0 Å². The number of anilines is 6. The largest absolute Gasteiger partial charge is 0.355 e. The summed E-state index contributed by atoms with van der Waals surface area (Å²) in [6, 6.07) is 69.9. The van der Waals surface area contributed by atoms with E-state index in [1.165, 1.54) is 44.2 Å². The van der Waals surface area contributed by atoms with Crippen molar-refractivity contribution in [2.75, 3.05) is 9.80 Å². The summed E-state index contributed by atoms with van der Waals surface area (Å²) in [5.41, 5.74) is 16.3. The zero-order chi connectivity index (χ0) is 35.7. The molecular formula is C50H39N3. The van der Waals surface area contributed by atoms with Crippen molar-refractivity contribution in [2.24, 2.45) is 0 Å². The van der Waals surface area contributed by atoms with Gasteiger partial charge >= 0.3 is 0 Å². The van der Waals surface area contributed by atoms with Gasteiger partial charge in [0.25, 0.3) is 0 Å². The lowest BCUT2D eigenvalue weighted by molar-refractivity contribution is 1.27. The summed E-state index contributed by atoms with van der Waals surface area (Å²) in [6.07, 6.45) is 0. The normalized spacial score (nSPS) is 11.2. The maximum atomic E-state index is 3.65. The number of nitrogens with one attached hydrogen (secondary N) is 1. The van der Waals surface area contributed by atoms with Crippen molar-refractivity contribution in [1.82, 2.24) is 4.98 Å². The number of para-hydroxylation sites is 2. The third kappa shape index (κ3) is 6.34. The summed E-state index contributed by atoms with van der Waals surface area (Å²) in [5, 5.41) is 2.44. The number of hydrogen-bond acceptors (Lipinski definition) is 2. The van der Waals surface area contributed by atoms with Gasteiger partial charge in [-0.3, -0.25) is 0 Å². The highest BCUT2D eigenvalue weighted by Gasteiger charge is 2.15. The smallest absolute Gasteiger partial charge is 0.0465 e. The second-order valence-corrected chi connectivity index (χ2v) is 13.8. The van der Waals surface area contributed by atoms with Crippen LogP contribution in [0.4, 0.5) is 34.1 Å². The third-order valence-electron chi connectivity index (χ3n) is 10.1. The summed E-state index contributed by atoms with van der Waals surface area (Å²) >= 11 is 0. The van der Waals surface area contributed by atoms with Crippen molar-refractivity contribution < 1.29 is 0 Å². The number of hydrogen-bond donors (Lipinski definition) is 1. The molecule has 1 N–H and O–H groups in total. The Morgan fingerprint density at radius 2 is 0.604 bits per heavy atom. The van der Waals surface area contributed by atoms with Crippen LogP contribution in [0, 0.1) is 13.8 Å². The molecule has 0 saturated heterocycles. The molecule has 0 aliphatic carbocycles. The van der Waals surface area contributed by atoms with Gasteiger partial charge in [0.1, 0.15) is 0 Å². The molecule has 0 aliphatic rings. The fraction of sp³-hybridized carbons (Fsp3) is 0.0400. The Morgan fingerprint density at radius 1 is 0.302 bits per heavy atom. The Kier molecular flexibility index (Phi) is 8.30. The molecule has 1 aromatic heterocycles. The van der Waals surface area contributed by atoms with Crippen LogP contribution in [0.15, 0.2) is 194 Å². The second kappa shape index (κ2) is 13.7. The minimum absolute atomic E-state index is 1.12. The Hall–Kier alpha value is -6.84. The van der Waals surface area contributed by atoms with Crippen LogP contribution in [-0.2, 0) is 0 Å². The van der Waals surface area contributed by atoms with Crippen molar-refractivity contribution in [3.05, 3.63) is 205 Å². The lowest BCUT2D eigenvalue weighted by atomic mass is 9.99. The van der Waals surface area contributed by atoms with Crippen molar-refractivity contribution in [3.63, 3.8) is 0 Å². The molecule has 0 spiro atoms. The Morgan fingerprint density at radius 3 is 0.962 bits per heavy atom. The number of benzene rings is 8. The highest BCUT2D eigenvalue weighted by Crippen LogP contribution is 2.39. The standard InChI is InChI=1S/C50H39N3/c1-35-13-23-43(24-14-35)52(41-9-5-3-6-10-41)45-27-17-37(18-28-45)39-21-31-49-47(33-39)48-34-40(22-32-50(48)51-49)38-19-29-46(30-20-38)53(42-11-7-4-8-12-42)44-25-15-36(2)16-26-44/h3-34,51H,1-2H3. The first kappa shape index (κ1) is 32.1. The van der Waals surface area contributed by atoms with E-state index in [-0.39, 0.29) is 0 Å². The van der Waals surface area contributed by atoms with Gasteiger partial charge in [0.2, 0.25) is 0 Å². The number of nitrogens with zero attached hydrogens (tertiary/aromatic N) is 2. The number of aromatic amines is 1. The van der Waals surface area contributed by atoms with Gasteiger partial charge in [0, 0.05) is 55.9 Å². The Labute approximate surface area is 311 Å². The van der Waals surface area contributed by atoms with Crippen LogP contribution in [0.5, 0.6) is 0 Å². The van der Waals surface area contributed by atoms with E-state index in [1.54, 1.807) is 0 Å². The van der Waals surface area contributed by atoms with E-state index in [2.05, 4.69) is 223 Å². The summed E-state index contributed by atoms with van der Waals surface area (Å²) in [4.78, 5) is 8.27. The molecule has 0 aliphatic heterocycles. The first-order valence-electron chi connectivity index (χ1n) is 18.2. The number of rotatable bonds is 8. The van der Waals surface area contributed by atoms with Crippen molar-refractivity contribution in [1.29, 1.82) is 0 Å². The molecule has 1 heterocycles. The number of H-pyrrole nitrogens is 1. The molecule has 0 amide bonds. The molecule has 0 unspecified atom stereocenters. The molecule has 0 bridgehead atoms. The average molecular weight is 682 g/mol. The van der Waals surface area contributed by atoms with Crippen LogP contribution in [0.3, 0.4) is 0 Å². The monoisotopic (exact) mass is 681 g/mol. The molecule has 9 rings (SSSR count). The molecule has 53 heavy (non-hydrogen) atoms. The number of fused-ring (bicyclic) bond motifs is 3. The predicted octanol–water partition coefficient (Wildman–Crippen LogP) is 14.2.